The molecule has 0 saturated carbocycles. The van der Waals surface area contributed by atoms with Gasteiger partial charge in [-0.05, 0) is 23.9 Å². The molecule has 4 N–H and O–H groups in total. The van der Waals surface area contributed by atoms with E-state index in [9.17, 15) is 8.42 Å². The molecule has 0 aliphatic rings. The molecule has 12 nitrogen and oxygen atoms in total. The van der Waals surface area contributed by atoms with Gasteiger partial charge in [0.05, 0.1) is 11.5 Å². The number of hydrogen-bond donors (Lipinski definition) is 2. The zero-order chi connectivity index (χ0) is 18.2. The van der Waals surface area contributed by atoms with Crippen molar-refractivity contribution in [2.45, 2.75) is 24.9 Å². The Labute approximate surface area is 151 Å². The Kier molecular flexibility index (Phi) is 15.6. The minimum absolute atomic E-state index is 0.164. The summed E-state index contributed by atoms with van der Waals surface area (Å²) in [6.07, 6.45) is 0.738. The Bertz CT molecular complexity index is 454. The number of nitrogens with two attached hydrogens (primary N) is 2. The highest BCUT2D eigenvalue weighted by Gasteiger charge is 2.12. The predicted molar refractivity (Wildman–Crippen MR) is 96.6 cm³/mol. The molecule has 4 unspecified atom stereocenters. The first-order valence-electron chi connectivity index (χ1n) is 6.41. The Morgan fingerprint density at radius 2 is 1.29 bits per heavy atom. The Hall–Kier alpha value is -0.540. The molecule has 0 aliphatic heterocycles. The van der Waals surface area contributed by atoms with E-state index in [0.717, 1.165) is 0 Å². The fourth-order valence-corrected chi connectivity index (χ4v) is 4.92. The monoisotopic (exact) mass is 418 g/mol. The van der Waals surface area contributed by atoms with Crippen LogP contribution < -0.4 is 11.8 Å². The molecule has 0 rings (SSSR count). The number of hydrogen-bond acceptors (Lipinski definition) is 10. The van der Waals surface area contributed by atoms with Crippen LogP contribution in [0, 0.1) is 0 Å². The number of nitrogens with zero attached hydrogens (tertiary/aromatic N) is 6. The van der Waals surface area contributed by atoms with E-state index >= 15 is 0 Å². The van der Waals surface area contributed by atoms with Crippen LogP contribution in [0.25, 0.3) is 20.9 Å². The van der Waals surface area contributed by atoms with Gasteiger partial charge in [-0.2, -0.15) is 11.8 Å². The Morgan fingerprint density at radius 1 is 0.917 bits per heavy atom. The molecular weight excluding hydrogens is 400 g/mol. The van der Waals surface area contributed by atoms with Crippen molar-refractivity contribution < 1.29 is 17.0 Å². The first-order valence-corrected chi connectivity index (χ1v) is 11.4. The standard InChI is InChI=1S/C8H18N8O4S4/c9-15-13-7(1-3-23(17)19-11)5-21-22-6-8(14-16-10)2-4-24(18)20-12/h7-8H,1-6,11-12H2. The van der Waals surface area contributed by atoms with Crippen LogP contribution in [0.1, 0.15) is 12.8 Å². The zero-order valence-electron chi connectivity index (χ0n) is 12.5. The lowest BCUT2D eigenvalue weighted by atomic mass is 10.3. The van der Waals surface area contributed by atoms with E-state index in [1.54, 1.807) is 0 Å². The molecule has 138 valence electrons. The van der Waals surface area contributed by atoms with Crippen LogP contribution in [0.4, 0.5) is 0 Å². The topological polar surface area (TPSA) is 202 Å². The molecule has 0 fully saturated rings. The van der Waals surface area contributed by atoms with Gasteiger partial charge < -0.3 is 0 Å². The molecule has 0 aromatic carbocycles. The second kappa shape index (κ2) is 16.0. The third-order valence-corrected chi connectivity index (χ3v) is 6.58. The summed E-state index contributed by atoms with van der Waals surface area (Å²) in [5.74, 6) is 10.9. The van der Waals surface area contributed by atoms with Gasteiger partial charge in [-0.25, -0.2) is 17.0 Å². The van der Waals surface area contributed by atoms with Crippen LogP contribution in [0.5, 0.6) is 0 Å². The van der Waals surface area contributed by atoms with Crippen LogP contribution in [0.3, 0.4) is 0 Å². The van der Waals surface area contributed by atoms with Gasteiger partial charge in [-0.15, -0.1) is 0 Å². The molecule has 24 heavy (non-hydrogen) atoms. The van der Waals surface area contributed by atoms with E-state index in [2.05, 4.69) is 28.6 Å². The number of azide groups is 2. The van der Waals surface area contributed by atoms with Gasteiger partial charge >= 0.3 is 0 Å². The maximum absolute atomic E-state index is 11.1. The van der Waals surface area contributed by atoms with Crippen molar-refractivity contribution in [1.82, 2.24) is 0 Å². The maximum Gasteiger partial charge on any atom is 0.172 e. The second-order valence-corrected chi connectivity index (χ2v) is 9.04. The van der Waals surface area contributed by atoms with E-state index < -0.39 is 22.2 Å². The van der Waals surface area contributed by atoms with Gasteiger partial charge in [0.15, 0.2) is 22.2 Å². The van der Waals surface area contributed by atoms with Crippen LogP contribution >= 0.6 is 21.6 Å². The van der Waals surface area contributed by atoms with Crippen LogP contribution in [0.2, 0.25) is 0 Å². The van der Waals surface area contributed by atoms with Crippen LogP contribution in [-0.4, -0.2) is 43.5 Å². The smallest absolute Gasteiger partial charge is 0.172 e. The lowest BCUT2D eigenvalue weighted by Gasteiger charge is -2.12. The Balaban J connectivity index is 4.17. The average molecular weight is 419 g/mol. The minimum Gasteiger partial charge on any atom is -0.228 e. The summed E-state index contributed by atoms with van der Waals surface area (Å²) >= 11 is -3.21. The van der Waals surface area contributed by atoms with Crippen LogP contribution in [0.15, 0.2) is 10.2 Å². The van der Waals surface area contributed by atoms with Crippen molar-refractivity contribution in [1.29, 1.82) is 0 Å². The van der Waals surface area contributed by atoms with E-state index in [1.807, 2.05) is 0 Å². The molecule has 0 aliphatic carbocycles. The second-order valence-electron chi connectivity index (χ2n) is 4.07. The van der Waals surface area contributed by atoms with E-state index in [4.69, 9.17) is 22.9 Å². The predicted octanol–water partition coefficient (Wildman–Crippen LogP) is 1.61. The van der Waals surface area contributed by atoms with Gasteiger partial charge in [-0.1, -0.05) is 31.8 Å². The van der Waals surface area contributed by atoms with Gasteiger partial charge in [0.2, 0.25) is 0 Å². The quantitative estimate of drug-likeness (QED) is 0.0995. The van der Waals surface area contributed by atoms with Crippen molar-refractivity contribution in [3.8, 4) is 0 Å². The molecule has 0 amide bonds. The first-order chi connectivity index (χ1) is 11.6. The summed E-state index contributed by atoms with van der Waals surface area (Å²) in [5.41, 5.74) is 17.0. The van der Waals surface area contributed by atoms with Crippen molar-refractivity contribution in [3.63, 3.8) is 0 Å². The van der Waals surface area contributed by atoms with Gasteiger partial charge in [0.1, 0.15) is 0 Å². The van der Waals surface area contributed by atoms with Gasteiger partial charge in [0, 0.05) is 33.4 Å². The molecule has 0 spiro atoms. The molecule has 0 aromatic rings. The van der Waals surface area contributed by atoms with E-state index in [0.29, 0.717) is 24.3 Å². The zero-order valence-corrected chi connectivity index (χ0v) is 15.8. The summed E-state index contributed by atoms with van der Waals surface area (Å²) < 4.78 is 30.5. The van der Waals surface area contributed by atoms with E-state index in [-0.39, 0.29) is 23.6 Å². The molecule has 16 heteroatoms. The van der Waals surface area contributed by atoms with Crippen molar-refractivity contribution >= 4 is 43.7 Å². The summed E-state index contributed by atoms with van der Waals surface area (Å²) in [5, 5.41) is 7.23. The molecule has 0 radical (unpaired) electrons. The highest BCUT2D eigenvalue weighted by atomic mass is 33.1. The summed E-state index contributed by atoms with van der Waals surface area (Å²) in [4.78, 5) is 5.49. The highest BCUT2D eigenvalue weighted by molar-refractivity contribution is 8.76. The van der Waals surface area contributed by atoms with Crippen molar-refractivity contribution in [2.24, 2.45) is 22.0 Å². The summed E-state index contributed by atoms with van der Waals surface area (Å²) in [6, 6.07) is -0.717. The Morgan fingerprint density at radius 3 is 1.58 bits per heavy atom. The van der Waals surface area contributed by atoms with Crippen LogP contribution in [-0.2, 0) is 30.7 Å². The van der Waals surface area contributed by atoms with Gasteiger partial charge in [-0.3, -0.25) is 0 Å². The summed E-state index contributed by atoms with van der Waals surface area (Å²) in [6.45, 7) is 0. The minimum atomic E-state index is -1.60. The molecule has 0 saturated heterocycles. The normalized spacial score (nSPS) is 15.6. The SMILES string of the molecule is [N-]=[N+]=NC(CCS(=O)ON)CSSCC(CCS(=O)ON)N=[N+]=[N-]. The summed E-state index contributed by atoms with van der Waals surface area (Å²) in [7, 11) is 2.84. The molecule has 4 atom stereocenters. The average Bonchev–Trinajstić information content (AvgIpc) is 2.59. The molecular formula is C8H18N8O4S4. The van der Waals surface area contributed by atoms with Crippen molar-refractivity contribution in [3.05, 3.63) is 20.9 Å². The van der Waals surface area contributed by atoms with E-state index in [1.165, 1.54) is 21.6 Å². The highest BCUT2D eigenvalue weighted by Crippen LogP contribution is 2.26. The third-order valence-electron chi connectivity index (χ3n) is 2.48. The molecule has 0 bridgehead atoms. The maximum atomic E-state index is 11.1. The largest absolute Gasteiger partial charge is 0.228 e. The van der Waals surface area contributed by atoms with Crippen molar-refractivity contribution in [2.75, 3.05) is 23.0 Å². The first kappa shape index (κ1) is 23.5. The fourth-order valence-electron chi connectivity index (χ4n) is 1.31. The lowest BCUT2D eigenvalue weighted by molar-refractivity contribution is 0.365. The fraction of sp³-hybridized carbons (Fsp3) is 1.00. The van der Waals surface area contributed by atoms with Gasteiger partial charge in [0.25, 0.3) is 0 Å². The molecule has 0 aromatic heterocycles. The lowest BCUT2D eigenvalue weighted by Crippen LogP contribution is -2.16. The third kappa shape index (κ3) is 12.8. The molecule has 0 heterocycles. The number of rotatable bonds is 15.